The number of hydrogen-bond acceptors (Lipinski definition) is 3. The summed E-state index contributed by atoms with van der Waals surface area (Å²) < 4.78 is 14.0. The molecule has 114 valence electrons. The topological polar surface area (TPSA) is 37.1 Å². The molecule has 2 heterocycles. The molecule has 0 amide bonds. The molecule has 0 radical (unpaired) electrons. The first-order valence-corrected chi connectivity index (χ1v) is 8.55. The maximum absolute atomic E-state index is 13.5. The van der Waals surface area contributed by atoms with Crippen LogP contribution in [-0.4, -0.2) is 23.3 Å². The summed E-state index contributed by atoms with van der Waals surface area (Å²) >= 11 is 3.25. The van der Waals surface area contributed by atoms with E-state index in [1.807, 2.05) is 0 Å². The Hall–Kier alpha value is -1.88. The van der Waals surface area contributed by atoms with Gasteiger partial charge in [-0.1, -0.05) is 12.2 Å². The van der Waals surface area contributed by atoms with Gasteiger partial charge in [-0.05, 0) is 64.9 Å². The van der Waals surface area contributed by atoms with Crippen molar-refractivity contribution in [1.29, 1.82) is 0 Å². The van der Waals surface area contributed by atoms with Crippen LogP contribution in [-0.2, 0) is 0 Å². The zero-order valence-electron chi connectivity index (χ0n) is 12.2. The maximum atomic E-state index is 13.5. The highest BCUT2D eigenvalue weighted by Crippen LogP contribution is 2.46. The Morgan fingerprint density at radius 2 is 2.13 bits per heavy atom. The summed E-state index contributed by atoms with van der Waals surface area (Å²) in [4.78, 5) is 13.9. The predicted octanol–water partition coefficient (Wildman–Crippen LogP) is 4.09. The Morgan fingerprint density at radius 3 is 2.91 bits per heavy atom. The summed E-state index contributed by atoms with van der Waals surface area (Å²) in [5, 5.41) is 0. The summed E-state index contributed by atoms with van der Waals surface area (Å²) in [6.45, 7) is 0. The van der Waals surface area contributed by atoms with E-state index < -0.39 is 5.54 Å². The molecule has 23 heavy (non-hydrogen) atoms. The van der Waals surface area contributed by atoms with Crippen LogP contribution in [0, 0.1) is 17.7 Å². The van der Waals surface area contributed by atoms with Crippen molar-refractivity contribution in [3.8, 4) is 0 Å². The number of aliphatic imine (C=N–C) groups is 3. The van der Waals surface area contributed by atoms with Gasteiger partial charge in [0.25, 0.3) is 0 Å². The average molecular weight is 370 g/mol. The lowest BCUT2D eigenvalue weighted by molar-refractivity contribution is 0.621. The first-order chi connectivity index (χ1) is 11.2. The zero-order chi connectivity index (χ0) is 15.6. The van der Waals surface area contributed by atoms with Gasteiger partial charge < -0.3 is 0 Å². The number of hydrogen-bond donors (Lipinski definition) is 0. The molecule has 3 nitrogen and oxygen atoms in total. The Labute approximate surface area is 141 Å². The second kappa shape index (κ2) is 4.57. The van der Waals surface area contributed by atoms with Gasteiger partial charge in [0.15, 0.2) is 5.54 Å². The lowest BCUT2D eigenvalue weighted by Crippen LogP contribution is -2.35. The molecule has 2 aliphatic heterocycles. The first kappa shape index (κ1) is 13.5. The Morgan fingerprint density at radius 1 is 1.26 bits per heavy atom. The molecule has 1 spiro atoms. The van der Waals surface area contributed by atoms with Crippen LogP contribution in [0.3, 0.4) is 0 Å². The molecule has 0 N–H and O–H groups in total. The Kier molecular flexibility index (Phi) is 2.69. The van der Waals surface area contributed by atoms with E-state index in [0.29, 0.717) is 10.4 Å². The minimum Gasteiger partial charge on any atom is -0.250 e. The molecule has 1 aromatic rings. The van der Waals surface area contributed by atoms with Crippen molar-refractivity contribution >= 4 is 33.7 Å². The van der Waals surface area contributed by atoms with E-state index in [4.69, 9.17) is 4.99 Å². The fraction of sp³-hybridized carbons (Fsp3) is 0.278. The van der Waals surface area contributed by atoms with Gasteiger partial charge in [-0.3, -0.25) is 0 Å². The largest absolute Gasteiger partial charge is 0.250 e. The second-order valence-corrected chi connectivity index (χ2v) is 7.26. The molecule has 0 saturated heterocycles. The van der Waals surface area contributed by atoms with Crippen LogP contribution < -0.4 is 0 Å². The molecule has 2 atom stereocenters. The van der Waals surface area contributed by atoms with Crippen molar-refractivity contribution in [2.45, 2.75) is 18.4 Å². The molecule has 4 aliphatic rings. The van der Waals surface area contributed by atoms with Crippen LogP contribution in [0.15, 0.2) is 61.6 Å². The minimum atomic E-state index is -0.554. The summed E-state index contributed by atoms with van der Waals surface area (Å²) in [6.07, 6.45) is 10.8. The van der Waals surface area contributed by atoms with Crippen molar-refractivity contribution in [3.63, 3.8) is 0 Å². The molecule has 5 heteroatoms. The van der Waals surface area contributed by atoms with Gasteiger partial charge >= 0.3 is 0 Å². The van der Waals surface area contributed by atoms with Crippen LogP contribution in [0.1, 0.15) is 18.4 Å². The highest BCUT2D eigenvalue weighted by molar-refractivity contribution is 9.10. The average Bonchev–Trinajstić information content (AvgIpc) is 3.23. The summed E-state index contributed by atoms with van der Waals surface area (Å²) in [5.74, 6) is 0.925. The van der Waals surface area contributed by atoms with Crippen LogP contribution in [0.5, 0.6) is 0 Å². The molecular formula is C18H13BrFN3. The smallest absolute Gasteiger partial charge is 0.166 e. The van der Waals surface area contributed by atoms with Crippen LogP contribution >= 0.6 is 15.9 Å². The van der Waals surface area contributed by atoms with E-state index in [0.717, 1.165) is 28.6 Å². The van der Waals surface area contributed by atoms with E-state index in [9.17, 15) is 4.39 Å². The number of nitrogens with zero attached hydrogens (tertiary/aromatic N) is 3. The number of allylic oxidation sites excluding steroid dienone is 2. The summed E-state index contributed by atoms with van der Waals surface area (Å²) in [6, 6.07) is 4.94. The fourth-order valence-electron chi connectivity index (χ4n) is 3.50. The molecule has 0 aromatic heterocycles. The normalized spacial score (nSPS) is 30.7. The van der Waals surface area contributed by atoms with Crippen molar-refractivity contribution in [3.05, 3.63) is 58.0 Å². The standard InChI is InChI=1S/C18H13BrFN3/c19-13-7-12(3-4-14(13)20)16-17-18(22-9-21-17)6-5-11(10-1-2-10)8-15(18)23-16/h3-11H,1-2H2. The molecule has 1 aromatic carbocycles. The molecule has 2 aliphatic carbocycles. The maximum Gasteiger partial charge on any atom is 0.166 e. The van der Waals surface area contributed by atoms with Gasteiger partial charge in [0.1, 0.15) is 17.9 Å². The van der Waals surface area contributed by atoms with Gasteiger partial charge in [-0.15, -0.1) is 0 Å². The van der Waals surface area contributed by atoms with Crippen molar-refractivity contribution < 1.29 is 4.39 Å². The van der Waals surface area contributed by atoms with Gasteiger partial charge in [-0.2, -0.15) is 0 Å². The van der Waals surface area contributed by atoms with E-state index in [-0.39, 0.29) is 5.82 Å². The van der Waals surface area contributed by atoms with Gasteiger partial charge in [0, 0.05) is 5.56 Å². The van der Waals surface area contributed by atoms with Crippen molar-refractivity contribution in [2.24, 2.45) is 26.8 Å². The van der Waals surface area contributed by atoms with E-state index in [1.165, 1.54) is 18.9 Å². The number of halogens is 2. The monoisotopic (exact) mass is 369 g/mol. The minimum absolute atomic E-state index is 0.281. The third kappa shape index (κ3) is 1.89. The highest BCUT2D eigenvalue weighted by atomic mass is 79.9. The quantitative estimate of drug-likeness (QED) is 0.704. The Balaban J connectivity index is 1.63. The molecule has 5 rings (SSSR count). The number of rotatable bonds is 2. The van der Waals surface area contributed by atoms with Crippen LogP contribution in [0.4, 0.5) is 4.39 Å². The first-order valence-electron chi connectivity index (χ1n) is 7.75. The lowest BCUT2D eigenvalue weighted by Gasteiger charge is -2.24. The predicted molar refractivity (Wildman–Crippen MR) is 92.7 cm³/mol. The Bertz CT molecular complexity index is 876. The van der Waals surface area contributed by atoms with E-state index in [2.05, 4.69) is 44.1 Å². The van der Waals surface area contributed by atoms with Gasteiger partial charge in [0.2, 0.25) is 0 Å². The third-order valence-electron chi connectivity index (χ3n) is 4.93. The third-order valence-corrected chi connectivity index (χ3v) is 5.53. The summed E-state index contributed by atoms with van der Waals surface area (Å²) in [5.41, 5.74) is 2.89. The van der Waals surface area contributed by atoms with Crippen LogP contribution in [0.25, 0.3) is 0 Å². The van der Waals surface area contributed by atoms with E-state index >= 15 is 0 Å². The summed E-state index contributed by atoms with van der Waals surface area (Å²) in [7, 11) is 0. The second-order valence-electron chi connectivity index (χ2n) is 6.40. The number of benzene rings is 1. The van der Waals surface area contributed by atoms with Crippen LogP contribution in [0.2, 0.25) is 0 Å². The van der Waals surface area contributed by atoms with Crippen molar-refractivity contribution in [2.75, 3.05) is 0 Å². The lowest BCUT2D eigenvalue weighted by atomic mass is 9.82. The molecule has 1 saturated carbocycles. The molecule has 1 fully saturated rings. The molecule has 0 bridgehead atoms. The molecule has 2 unspecified atom stereocenters. The van der Waals surface area contributed by atoms with Gasteiger partial charge in [0.05, 0.1) is 15.9 Å². The highest BCUT2D eigenvalue weighted by Gasteiger charge is 2.49. The SMILES string of the molecule is Fc1ccc(C2=NC3=CC(C4CC4)C=CC34N=CN=C24)cc1Br. The van der Waals surface area contributed by atoms with E-state index in [1.54, 1.807) is 18.5 Å². The van der Waals surface area contributed by atoms with Crippen molar-refractivity contribution in [1.82, 2.24) is 0 Å². The molecular weight excluding hydrogens is 357 g/mol. The zero-order valence-corrected chi connectivity index (χ0v) is 13.8. The fourth-order valence-corrected chi connectivity index (χ4v) is 3.88. The van der Waals surface area contributed by atoms with Gasteiger partial charge in [-0.25, -0.2) is 19.4 Å².